The Labute approximate surface area is 164 Å². The van der Waals surface area contributed by atoms with Crippen LogP contribution in [0.5, 0.6) is 0 Å². The first-order valence-electron chi connectivity index (χ1n) is 8.51. The minimum atomic E-state index is -0.336. The molecule has 0 aliphatic heterocycles. The second-order valence-corrected chi connectivity index (χ2v) is 7.13. The Morgan fingerprint density at radius 1 is 1.30 bits per heavy atom. The fraction of sp³-hybridized carbons (Fsp3) is 0.278. The highest BCUT2D eigenvalue weighted by Gasteiger charge is 2.31. The molecule has 2 heterocycles. The summed E-state index contributed by atoms with van der Waals surface area (Å²) in [5.41, 5.74) is 0.121. The summed E-state index contributed by atoms with van der Waals surface area (Å²) in [5.74, 6) is 0.729. The molecule has 27 heavy (non-hydrogen) atoms. The second-order valence-electron chi connectivity index (χ2n) is 6.29. The van der Waals surface area contributed by atoms with E-state index >= 15 is 0 Å². The molecule has 1 saturated carbocycles. The van der Waals surface area contributed by atoms with Crippen LogP contribution in [0.3, 0.4) is 0 Å². The standard InChI is InChI=1S/C18H16Cl2N4O3/c19-11-3-6-13(14(20)10-11)17(25)21-7-8-23-18(26)24(12-4-5-12)16(22-23)15-2-1-9-27-15/h1-3,6,9-10,12H,4-5,7-8H2,(H,21,25). The van der Waals surface area contributed by atoms with Crippen LogP contribution in [0.4, 0.5) is 0 Å². The van der Waals surface area contributed by atoms with Gasteiger partial charge in [0.15, 0.2) is 5.76 Å². The molecule has 0 atom stereocenters. The van der Waals surface area contributed by atoms with E-state index in [1.54, 1.807) is 35.1 Å². The first-order valence-corrected chi connectivity index (χ1v) is 9.26. The summed E-state index contributed by atoms with van der Waals surface area (Å²) in [7, 11) is 0. The molecule has 0 bridgehead atoms. The number of halogens is 2. The van der Waals surface area contributed by atoms with Crippen molar-refractivity contribution < 1.29 is 9.21 Å². The van der Waals surface area contributed by atoms with E-state index in [9.17, 15) is 9.59 Å². The van der Waals surface area contributed by atoms with E-state index in [1.807, 2.05) is 0 Å². The van der Waals surface area contributed by atoms with Crippen LogP contribution >= 0.6 is 23.2 Å². The van der Waals surface area contributed by atoms with Gasteiger partial charge in [-0.15, -0.1) is 5.10 Å². The highest BCUT2D eigenvalue weighted by Crippen LogP contribution is 2.36. The number of carbonyl (C=O) groups excluding carboxylic acids is 1. The van der Waals surface area contributed by atoms with E-state index in [0.29, 0.717) is 22.2 Å². The number of rotatable bonds is 6. The minimum absolute atomic E-state index is 0.161. The van der Waals surface area contributed by atoms with E-state index in [1.165, 1.54) is 10.7 Å². The normalized spacial score (nSPS) is 13.7. The Bertz CT molecular complexity index is 1040. The monoisotopic (exact) mass is 406 g/mol. The number of benzene rings is 1. The lowest BCUT2D eigenvalue weighted by Crippen LogP contribution is -2.32. The molecule has 1 aromatic carbocycles. The number of furan rings is 1. The molecular weight excluding hydrogens is 391 g/mol. The minimum Gasteiger partial charge on any atom is -0.461 e. The van der Waals surface area contributed by atoms with Crippen LogP contribution in [0.15, 0.2) is 45.8 Å². The van der Waals surface area contributed by atoms with Crippen molar-refractivity contribution in [3.63, 3.8) is 0 Å². The summed E-state index contributed by atoms with van der Waals surface area (Å²) in [4.78, 5) is 24.9. The van der Waals surface area contributed by atoms with Crippen LogP contribution in [0, 0.1) is 0 Å². The SMILES string of the molecule is O=C(NCCn1nc(-c2ccco2)n(C2CC2)c1=O)c1ccc(Cl)cc1Cl. The lowest BCUT2D eigenvalue weighted by molar-refractivity contribution is 0.0952. The predicted molar refractivity (Wildman–Crippen MR) is 101 cm³/mol. The Hall–Kier alpha value is -2.51. The zero-order chi connectivity index (χ0) is 19.0. The third-order valence-corrected chi connectivity index (χ3v) is 4.86. The molecule has 1 N–H and O–H groups in total. The molecule has 9 heteroatoms. The maximum Gasteiger partial charge on any atom is 0.346 e. The largest absolute Gasteiger partial charge is 0.461 e. The number of hydrogen-bond acceptors (Lipinski definition) is 4. The molecule has 1 fully saturated rings. The Kier molecular flexibility index (Phi) is 4.80. The van der Waals surface area contributed by atoms with E-state index in [-0.39, 0.29) is 35.8 Å². The number of carbonyl (C=O) groups is 1. The molecule has 1 aliphatic carbocycles. The molecule has 0 radical (unpaired) electrons. The van der Waals surface area contributed by atoms with Gasteiger partial charge in [0.1, 0.15) is 0 Å². The van der Waals surface area contributed by atoms with Gasteiger partial charge in [-0.2, -0.15) is 0 Å². The van der Waals surface area contributed by atoms with Gasteiger partial charge in [0.25, 0.3) is 5.91 Å². The van der Waals surface area contributed by atoms with Crippen LogP contribution in [-0.2, 0) is 6.54 Å². The summed E-state index contributed by atoms with van der Waals surface area (Å²) < 4.78 is 8.41. The van der Waals surface area contributed by atoms with Crippen LogP contribution in [0.1, 0.15) is 29.2 Å². The summed E-state index contributed by atoms with van der Waals surface area (Å²) >= 11 is 11.9. The Morgan fingerprint density at radius 2 is 2.11 bits per heavy atom. The van der Waals surface area contributed by atoms with Crippen LogP contribution in [0.2, 0.25) is 10.0 Å². The van der Waals surface area contributed by atoms with Crippen molar-refractivity contribution in [3.8, 4) is 11.6 Å². The molecule has 0 saturated heterocycles. The van der Waals surface area contributed by atoms with Gasteiger partial charge in [0, 0.05) is 17.6 Å². The van der Waals surface area contributed by atoms with Crippen LogP contribution in [-0.4, -0.2) is 26.8 Å². The maximum absolute atomic E-state index is 12.7. The molecule has 140 valence electrons. The van der Waals surface area contributed by atoms with Crippen molar-refractivity contribution in [1.29, 1.82) is 0 Å². The molecule has 3 aromatic rings. The van der Waals surface area contributed by atoms with Gasteiger partial charge in [0.2, 0.25) is 5.82 Å². The van der Waals surface area contributed by atoms with Crippen molar-refractivity contribution in [2.45, 2.75) is 25.4 Å². The Balaban J connectivity index is 1.48. The highest BCUT2D eigenvalue weighted by molar-refractivity contribution is 6.36. The first kappa shape index (κ1) is 17.9. The topological polar surface area (TPSA) is 82.1 Å². The number of amides is 1. The maximum atomic E-state index is 12.7. The molecular formula is C18H16Cl2N4O3. The second kappa shape index (κ2) is 7.25. The van der Waals surface area contributed by atoms with Gasteiger partial charge in [0.05, 0.1) is 23.4 Å². The third kappa shape index (κ3) is 3.65. The summed E-state index contributed by atoms with van der Waals surface area (Å²) in [5, 5.41) is 7.87. The van der Waals surface area contributed by atoms with Crippen molar-refractivity contribution in [3.05, 3.63) is 62.7 Å². The molecule has 0 spiro atoms. The fourth-order valence-corrected chi connectivity index (χ4v) is 3.34. The van der Waals surface area contributed by atoms with Gasteiger partial charge in [-0.1, -0.05) is 23.2 Å². The molecule has 4 rings (SSSR count). The number of nitrogens with one attached hydrogen (secondary N) is 1. The van der Waals surface area contributed by atoms with Crippen LogP contribution in [0.25, 0.3) is 11.6 Å². The van der Waals surface area contributed by atoms with Crippen LogP contribution < -0.4 is 11.0 Å². The average Bonchev–Trinajstić information content (AvgIpc) is 3.20. The quantitative estimate of drug-likeness (QED) is 0.679. The van der Waals surface area contributed by atoms with Gasteiger partial charge < -0.3 is 9.73 Å². The summed E-state index contributed by atoms with van der Waals surface area (Å²) in [6, 6.07) is 8.36. The van der Waals surface area contributed by atoms with E-state index in [4.69, 9.17) is 27.6 Å². The molecule has 7 nitrogen and oxygen atoms in total. The van der Waals surface area contributed by atoms with Crippen molar-refractivity contribution in [2.24, 2.45) is 0 Å². The van der Waals surface area contributed by atoms with Gasteiger partial charge in [-0.05, 0) is 43.2 Å². The summed E-state index contributed by atoms with van der Waals surface area (Å²) in [6.45, 7) is 0.472. The third-order valence-electron chi connectivity index (χ3n) is 4.31. The van der Waals surface area contributed by atoms with E-state index < -0.39 is 0 Å². The zero-order valence-electron chi connectivity index (χ0n) is 14.2. The van der Waals surface area contributed by atoms with Crippen molar-refractivity contribution >= 4 is 29.1 Å². The fourth-order valence-electron chi connectivity index (χ4n) is 2.85. The van der Waals surface area contributed by atoms with Crippen molar-refractivity contribution in [2.75, 3.05) is 6.54 Å². The number of aromatic nitrogens is 3. The average molecular weight is 407 g/mol. The highest BCUT2D eigenvalue weighted by atomic mass is 35.5. The van der Waals surface area contributed by atoms with Gasteiger partial charge >= 0.3 is 5.69 Å². The first-order chi connectivity index (χ1) is 13.0. The number of nitrogens with zero attached hydrogens (tertiary/aromatic N) is 3. The molecule has 1 aliphatic rings. The smallest absolute Gasteiger partial charge is 0.346 e. The summed E-state index contributed by atoms with van der Waals surface area (Å²) in [6.07, 6.45) is 3.45. The van der Waals surface area contributed by atoms with E-state index in [2.05, 4.69) is 10.4 Å². The Morgan fingerprint density at radius 3 is 2.78 bits per heavy atom. The van der Waals surface area contributed by atoms with E-state index in [0.717, 1.165) is 12.8 Å². The van der Waals surface area contributed by atoms with Crippen molar-refractivity contribution in [1.82, 2.24) is 19.7 Å². The lowest BCUT2D eigenvalue weighted by atomic mass is 10.2. The molecule has 2 aromatic heterocycles. The molecule has 0 unspecified atom stereocenters. The van der Waals surface area contributed by atoms with Gasteiger partial charge in [-0.25, -0.2) is 9.48 Å². The van der Waals surface area contributed by atoms with Gasteiger partial charge in [-0.3, -0.25) is 9.36 Å². The number of hydrogen-bond donors (Lipinski definition) is 1. The predicted octanol–water partition coefficient (Wildman–Crippen LogP) is 3.38. The zero-order valence-corrected chi connectivity index (χ0v) is 15.7. The lowest BCUT2D eigenvalue weighted by Gasteiger charge is -2.06. The molecule has 1 amide bonds.